The summed E-state index contributed by atoms with van der Waals surface area (Å²) in [7, 11) is 0. The molecule has 2 N–H and O–H groups in total. The van der Waals surface area contributed by atoms with Crippen molar-refractivity contribution in [3.05, 3.63) is 36.0 Å². The lowest BCUT2D eigenvalue weighted by atomic mass is 10.1. The minimum Gasteiger partial charge on any atom is -0.361 e. The molecular formula is C17H25N3. The average Bonchev–Trinajstić information content (AvgIpc) is 2.97. The zero-order valence-electron chi connectivity index (χ0n) is 12.2. The lowest BCUT2D eigenvalue weighted by Gasteiger charge is -2.26. The molecule has 1 aliphatic rings. The fraction of sp³-hybridized carbons (Fsp3) is 0.529. The van der Waals surface area contributed by atoms with E-state index in [1.54, 1.807) is 0 Å². The molecular weight excluding hydrogens is 246 g/mol. The highest BCUT2D eigenvalue weighted by molar-refractivity contribution is 5.82. The van der Waals surface area contributed by atoms with E-state index in [9.17, 15) is 0 Å². The molecule has 0 unspecified atom stereocenters. The second kappa shape index (κ2) is 6.91. The molecule has 108 valence electrons. The first-order valence-corrected chi connectivity index (χ1v) is 7.91. The number of H-pyrrole nitrogens is 1. The van der Waals surface area contributed by atoms with Crippen molar-refractivity contribution in [2.75, 3.05) is 26.2 Å². The zero-order chi connectivity index (χ0) is 13.6. The van der Waals surface area contributed by atoms with Crippen LogP contribution in [0.2, 0.25) is 0 Å². The number of nitrogens with zero attached hydrogens (tertiary/aromatic N) is 1. The number of aromatic amines is 1. The van der Waals surface area contributed by atoms with Gasteiger partial charge in [-0.1, -0.05) is 18.6 Å². The van der Waals surface area contributed by atoms with Crippen LogP contribution in [0.15, 0.2) is 30.5 Å². The van der Waals surface area contributed by atoms with E-state index in [0.717, 1.165) is 13.1 Å². The molecule has 0 atom stereocenters. The Morgan fingerprint density at radius 2 is 2.00 bits per heavy atom. The summed E-state index contributed by atoms with van der Waals surface area (Å²) in [5, 5.41) is 4.93. The zero-order valence-corrected chi connectivity index (χ0v) is 12.2. The molecule has 1 aromatic heterocycles. The average molecular weight is 271 g/mol. The standard InChI is InChI=1S/C17H25N3/c1-2-11-20(12-3-1)13-5-9-18-14-15-6-4-7-17-16(15)8-10-19-17/h4,6-8,10,18-19H,1-3,5,9,11-14H2. The highest BCUT2D eigenvalue weighted by Gasteiger charge is 2.08. The van der Waals surface area contributed by atoms with Crippen LogP contribution in [0.5, 0.6) is 0 Å². The maximum Gasteiger partial charge on any atom is 0.0457 e. The molecule has 3 heteroatoms. The molecule has 0 saturated carbocycles. The molecule has 20 heavy (non-hydrogen) atoms. The molecule has 1 aromatic carbocycles. The summed E-state index contributed by atoms with van der Waals surface area (Å²) in [5.41, 5.74) is 2.62. The third kappa shape index (κ3) is 3.41. The normalized spacial score (nSPS) is 16.8. The first kappa shape index (κ1) is 13.7. The molecule has 0 radical (unpaired) electrons. The summed E-state index contributed by atoms with van der Waals surface area (Å²) in [5.74, 6) is 0. The summed E-state index contributed by atoms with van der Waals surface area (Å²) in [6.45, 7) is 5.94. The Morgan fingerprint density at radius 1 is 1.10 bits per heavy atom. The summed E-state index contributed by atoms with van der Waals surface area (Å²) in [4.78, 5) is 5.88. The molecule has 1 saturated heterocycles. The summed E-state index contributed by atoms with van der Waals surface area (Å²) >= 11 is 0. The van der Waals surface area contributed by atoms with Crippen molar-refractivity contribution in [3.63, 3.8) is 0 Å². The van der Waals surface area contributed by atoms with Crippen molar-refractivity contribution in [2.24, 2.45) is 0 Å². The molecule has 0 aliphatic carbocycles. The van der Waals surface area contributed by atoms with E-state index < -0.39 is 0 Å². The predicted octanol–water partition coefficient (Wildman–Crippen LogP) is 3.13. The topological polar surface area (TPSA) is 31.1 Å². The summed E-state index contributed by atoms with van der Waals surface area (Å²) < 4.78 is 0. The van der Waals surface area contributed by atoms with Crippen LogP contribution >= 0.6 is 0 Å². The monoisotopic (exact) mass is 271 g/mol. The van der Waals surface area contributed by atoms with Crippen LogP contribution in [0, 0.1) is 0 Å². The number of aromatic nitrogens is 1. The Labute approximate surface area is 121 Å². The number of benzene rings is 1. The van der Waals surface area contributed by atoms with Gasteiger partial charge in [-0.15, -0.1) is 0 Å². The lowest BCUT2D eigenvalue weighted by Crippen LogP contribution is -2.32. The van der Waals surface area contributed by atoms with Crippen LogP contribution in [-0.4, -0.2) is 36.1 Å². The van der Waals surface area contributed by atoms with E-state index in [2.05, 4.69) is 39.5 Å². The maximum atomic E-state index is 3.58. The van der Waals surface area contributed by atoms with Crippen molar-refractivity contribution in [2.45, 2.75) is 32.2 Å². The summed E-state index contributed by atoms with van der Waals surface area (Å²) in [6, 6.07) is 8.65. The van der Waals surface area contributed by atoms with Gasteiger partial charge in [0.25, 0.3) is 0 Å². The predicted molar refractivity (Wildman–Crippen MR) is 84.9 cm³/mol. The Kier molecular flexibility index (Phi) is 4.72. The lowest BCUT2D eigenvalue weighted by molar-refractivity contribution is 0.225. The van der Waals surface area contributed by atoms with Crippen molar-refractivity contribution in [1.29, 1.82) is 0 Å². The van der Waals surface area contributed by atoms with Gasteiger partial charge in [0, 0.05) is 23.6 Å². The van der Waals surface area contributed by atoms with E-state index in [0.29, 0.717) is 0 Å². The SMILES string of the molecule is c1cc(CNCCCN2CCCCC2)c2cc[nH]c2c1. The van der Waals surface area contributed by atoms with Crippen LogP contribution in [0.4, 0.5) is 0 Å². The highest BCUT2D eigenvalue weighted by Crippen LogP contribution is 2.17. The second-order valence-electron chi connectivity index (χ2n) is 5.79. The van der Waals surface area contributed by atoms with Crippen molar-refractivity contribution >= 4 is 10.9 Å². The van der Waals surface area contributed by atoms with Gasteiger partial charge in [0.2, 0.25) is 0 Å². The third-order valence-corrected chi connectivity index (χ3v) is 4.28. The van der Waals surface area contributed by atoms with Gasteiger partial charge in [-0.3, -0.25) is 0 Å². The first-order chi connectivity index (χ1) is 9.93. The van der Waals surface area contributed by atoms with Crippen LogP contribution in [-0.2, 0) is 6.54 Å². The Bertz CT molecular complexity index is 526. The summed E-state index contributed by atoms with van der Waals surface area (Å²) in [6.07, 6.45) is 7.48. The molecule has 2 heterocycles. The van der Waals surface area contributed by atoms with E-state index in [1.807, 2.05) is 6.20 Å². The van der Waals surface area contributed by atoms with Gasteiger partial charge in [-0.2, -0.15) is 0 Å². The quantitative estimate of drug-likeness (QED) is 0.791. The van der Waals surface area contributed by atoms with Crippen molar-refractivity contribution in [3.8, 4) is 0 Å². The number of fused-ring (bicyclic) bond motifs is 1. The van der Waals surface area contributed by atoms with Crippen LogP contribution in [0.3, 0.4) is 0 Å². The number of hydrogen-bond acceptors (Lipinski definition) is 2. The molecule has 1 fully saturated rings. The van der Waals surface area contributed by atoms with Gasteiger partial charge in [-0.05, 0) is 63.1 Å². The fourth-order valence-electron chi connectivity index (χ4n) is 3.14. The van der Waals surface area contributed by atoms with Crippen LogP contribution in [0.1, 0.15) is 31.2 Å². The van der Waals surface area contributed by atoms with Gasteiger partial charge in [0.15, 0.2) is 0 Å². The minimum atomic E-state index is 0.967. The molecule has 3 nitrogen and oxygen atoms in total. The number of hydrogen-bond donors (Lipinski definition) is 2. The van der Waals surface area contributed by atoms with Gasteiger partial charge in [0.1, 0.15) is 0 Å². The number of rotatable bonds is 6. The van der Waals surface area contributed by atoms with Gasteiger partial charge < -0.3 is 15.2 Å². The van der Waals surface area contributed by atoms with E-state index >= 15 is 0 Å². The fourth-order valence-corrected chi connectivity index (χ4v) is 3.14. The van der Waals surface area contributed by atoms with Crippen LogP contribution in [0.25, 0.3) is 10.9 Å². The Hall–Kier alpha value is -1.32. The Balaban J connectivity index is 1.40. The van der Waals surface area contributed by atoms with Crippen molar-refractivity contribution in [1.82, 2.24) is 15.2 Å². The molecule has 3 rings (SSSR count). The molecule has 1 aliphatic heterocycles. The van der Waals surface area contributed by atoms with E-state index in [1.165, 1.54) is 61.8 Å². The van der Waals surface area contributed by atoms with Gasteiger partial charge >= 0.3 is 0 Å². The number of likely N-dealkylation sites (tertiary alicyclic amines) is 1. The molecule has 2 aromatic rings. The largest absolute Gasteiger partial charge is 0.361 e. The second-order valence-corrected chi connectivity index (χ2v) is 5.79. The maximum absolute atomic E-state index is 3.58. The molecule has 0 amide bonds. The highest BCUT2D eigenvalue weighted by atomic mass is 15.1. The third-order valence-electron chi connectivity index (χ3n) is 4.28. The van der Waals surface area contributed by atoms with Gasteiger partial charge in [-0.25, -0.2) is 0 Å². The van der Waals surface area contributed by atoms with E-state index in [4.69, 9.17) is 0 Å². The van der Waals surface area contributed by atoms with Crippen LogP contribution < -0.4 is 5.32 Å². The number of nitrogens with one attached hydrogen (secondary N) is 2. The van der Waals surface area contributed by atoms with Crippen molar-refractivity contribution < 1.29 is 0 Å². The first-order valence-electron chi connectivity index (χ1n) is 7.91. The molecule has 0 bridgehead atoms. The minimum absolute atomic E-state index is 0.967. The van der Waals surface area contributed by atoms with E-state index in [-0.39, 0.29) is 0 Å². The van der Waals surface area contributed by atoms with Gasteiger partial charge in [0.05, 0.1) is 0 Å². The number of piperidine rings is 1. The smallest absolute Gasteiger partial charge is 0.0457 e. The molecule has 0 spiro atoms. The Morgan fingerprint density at radius 3 is 2.90 bits per heavy atom.